The van der Waals surface area contributed by atoms with Gasteiger partial charge in [-0.05, 0) is 49.5 Å². The summed E-state index contributed by atoms with van der Waals surface area (Å²) in [6.07, 6.45) is 2.18. The molecule has 2 N–H and O–H groups in total. The van der Waals surface area contributed by atoms with E-state index >= 15 is 0 Å². The van der Waals surface area contributed by atoms with Crippen molar-refractivity contribution in [2.75, 3.05) is 26.7 Å². The molecule has 1 unspecified atom stereocenters. The second-order valence-corrected chi connectivity index (χ2v) is 6.91. The quantitative estimate of drug-likeness (QED) is 0.825. The van der Waals surface area contributed by atoms with Gasteiger partial charge in [0.05, 0.1) is 11.5 Å². The van der Waals surface area contributed by atoms with Crippen molar-refractivity contribution in [3.63, 3.8) is 0 Å². The fourth-order valence-electron chi connectivity index (χ4n) is 2.38. The van der Waals surface area contributed by atoms with Crippen molar-refractivity contribution in [3.05, 3.63) is 29.8 Å². The Bertz CT molecular complexity index is 525. The van der Waals surface area contributed by atoms with Crippen molar-refractivity contribution in [1.82, 2.24) is 10.0 Å². The van der Waals surface area contributed by atoms with Gasteiger partial charge >= 0.3 is 0 Å². The van der Waals surface area contributed by atoms with E-state index in [9.17, 15) is 8.42 Å². The van der Waals surface area contributed by atoms with E-state index in [0.717, 1.165) is 31.5 Å². The van der Waals surface area contributed by atoms with Gasteiger partial charge in [-0.2, -0.15) is 0 Å². The van der Waals surface area contributed by atoms with Crippen molar-refractivity contribution in [2.24, 2.45) is 5.92 Å². The molecule has 1 saturated heterocycles. The normalized spacial score (nSPS) is 19.9. The highest BCUT2D eigenvalue weighted by atomic mass is 32.2. The number of sulfonamides is 1. The minimum absolute atomic E-state index is 0.302. The monoisotopic (exact) mass is 298 g/mol. The number of piperidine rings is 1. The van der Waals surface area contributed by atoms with Gasteiger partial charge in [0, 0.05) is 13.7 Å². The van der Waals surface area contributed by atoms with Gasteiger partial charge in [0.1, 0.15) is 0 Å². The van der Waals surface area contributed by atoms with Crippen LogP contribution in [0.25, 0.3) is 0 Å². The van der Waals surface area contributed by atoms with Crippen molar-refractivity contribution in [2.45, 2.75) is 24.3 Å². The summed E-state index contributed by atoms with van der Waals surface area (Å²) in [5.74, 6) is 0.376. The van der Waals surface area contributed by atoms with E-state index in [-0.39, 0.29) is 0 Å². The second kappa shape index (κ2) is 7.17. The topological polar surface area (TPSA) is 67.4 Å². The second-order valence-electron chi connectivity index (χ2n) is 5.14. The summed E-state index contributed by atoms with van der Waals surface area (Å²) in [6.45, 7) is 2.81. The maximum absolute atomic E-state index is 12.3. The molecule has 6 heteroatoms. The van der Waals surface area contributed by atoms with Crippen LogP contribution in [0.3, 0.4) is 0 Å². The molecule has 1 fully saturated rings. The Morgan fingerprint density at radius 1 is 1.45 bits per heavy atom. The van der Waals surface area contributed by atoms with Crippen LogP contribution < -0.4 is 10.0 Å². The molecule has 0 amide bonds. The molecule has 5 nitrogen and oxygen atoms in total. The highest BCUT2D eigenvalue weighted by Gasteiger charge is 2.18. The number of benzene rings is 1. The Morgan fingerprint density at radius 2 is 2.30 bits per heavy atom. The average molecular weight is 298 g/mol. The molecule has 0 saturated carbocycles. The zero-order valence-electron chi connectivity index (χ0n) is 11.8. The summed E-state index contributed by atoms with van der Waals surface area (Å²) < 4.78 is 32.3. The zero-order valence-corrected chi connectivity index (χ0v) is 12.6. The standard InChI is InChI=1S/C14H22N2O3S/c1-19-11-12-4-2-6-14(8-12)20(17,18)16-10-13-5-3-7-15-9-13/h2,4,6,8,13,15-16H,3,5,7,9-11H2,1H3. The maximum Gasteiger partial charge on any atom is 0.240 e. The van der Waals surface area contributed by atoms with Gasteiger partial charge in [-0.25, -0.2) is 13.1 Å². The first kappa shape index (κ1) is 15.4. The summed E-state index contributed by atoms with van der Waals surface area (Å²) in [5, 5.41) is 3.29. The van der Waals surface area contributed by atoms with Crippen molar-refractivity contribution in [1.29, 1.82) is 0 Å². The average Bonchev–Trinajstić information content (AvgIpc) is 2.47. The lowest BCUT2D eigenvalue weighted by molar-refractivity contribution is 0.184. The van der Waals surface area contributed by atoms with E-state index in [1.54, 1.807) is 25.3 Å². The molecule has 1 aliphatic heterocycles. The smallest absolute Gasteiger partial charge is 0.240 e. The predicted molar refractivity (Wildman–Crippen MR) is 77.9 cm³/mol. The first-order valence-electron chi connectivity index (χ1n) is 6.90. The van der Waals surface area contributed by atoms with Crippen LogP contribution in [-0.4, -0.2) is 35.2 Å². The molecule has 0 aliphatic carbocycles. The first-order valence-corrected chi connectivity index (χ1v) is 8.38. The van der Waals surface area contributed by atoms with E-state index in [0.29, 0.717) is 24.0 Å². The highest BCUT2D eigenvalue weighted by Crippen LogP contribution is 2.14. The molecule has 112 valence electrons. The molecule has 2 rings (SSSR count). The van der Waals surface area contributed by atoms with Gasteiger partial charge in [-0.1, -0.05) is 12.1 Å². The summed E-state index contributed by atoms with van der Waals surface area (Å²) in [4.78, 5) is 0.302. The fraction of sp³-hybridized carbons (Fsp3) is 0.571. The molecule has 20 heavy (non-hydrogen) atoms. The van der Waals surface area contributed by atoms with Gasteiger partial charge in [0.2, 0.25) is 10.0 Å². The SMILES string of the molecule is COCc1cccc(S(=O)(=O)NCC2CCCNC2)c1. The molecular formula is C14H22N2O3S. The van der Waals surface area contributed by atoms with Gasteiger partial charge in [0.25, 0.3) is 0 Å². The summed E-state index contributed by atoms with van der Waals surface area (Å²) in [7, 11) is -1.84. The first-order chi connectivity index (χ1) is 9.62. The van der Waals surface area contributed by atoms with E-state index in [1.165, 1.54) is 0 Å². The summed E-state index contributed by atoms with van der Waals surface area (Å²) >= 11 is 0. The Kier molecular flexibility index (Phi) is 5.54. The highest BCUT2D eigenvalue weighted by molar-refractivity contribution is 7.89. The molecule has 1 aromatic rings. The Labute approximate surface area is 120 Å². The van der Waals surface area contributed by atoms with E-state index in [2.05, 4.69) is 10.0 Å². The van der Waals surface area contributed by atoms with Crippen molar-refractivity contribution in [3.8, 4) is 0 Å². The van der Waals surface area contributed by atoms with E-state index in [4.69, 9.17) is 4.74 Å². The Hall–Kier alpha value is -0.950. The third-order valence-corrected chi connectivity index (χ3v) is 4.90. The molecule has 0 bridgehead atoms. The third-order valence-electron chi connectivity index (χ3n) is 3.48. The summed E-state index contributed by atoms with van der Waals surface area (Å²) in [6, 6.07) is 6.87. The van der Waals surface area contributed by atoms with Crippen LogP contribution in [0.4, 0.5) is 0 Å². The van der Waals surface area contributed by atoms with Crippen LogP contribution >= 0.6 is 0 Å². The van der Waals surface area contributed by atoms with E-state index < -0.39 is 10.0 Å². The van der Waals surface area contributed by atoms with Crippen molar-refractivity contribution < 1.29 is 13.2 Å². The van der Waals surface area contributed by atoms with Crippen LogP contribution in [0.15, 0.2) is 29.2 Å². The lowest BCUT2D eigenvalue weighted by Gasteiger charge is -2.22. The number of hydrogen-bond donors (Lipinski definition) is 2. The molecule has 0 spiro atoms. The number of rotatable bonds is 6. The fourth-order valence-corrected chi connectivity index (χ4v) is 3.56. The van der Waals surface area contributed by atoms with Crippen molar-refractivity contribution >= 4 is 10.0 Å². The molecule has 1 heterocycles. The molecule has 0 radical (unpaired) electrons. The molecule has 1 aliphatic rings. The Balaban J connectivity index is 2.00. The number of hydrogen-bond acceptors (Lipinski definition) is 4. The van der Waals surface area contributed by atoms with Crippen LogP contribution in [-0.2, 0) is 21.4 Å². The number of nitrogens with one attached hydrogen (secondary N) is 2. The summed E-state index contributed by atoms with van der Waals surface area (Å²) in [5.41, 5.74) is 0.856. The van der Waals surface area contributed by atoms with Gasteiger partial charge in [-0.3, -0.25) is 0 Å². The predicted octanol–water partition coefficient (Wildman–Crippen LogP) is 1.11. The minimum atomic E-state index is -3.43. The lowest BCUT2D eigenvalue weighted by Crippen LogP contribution is -2.38. The number of methoxy groups -OCH3 is 1. The van der Waals surface area contributed by atoms with Gasteiger partial charge in [0.15, 0.2) is 0 Å². The van der Waals surface area contributed by atoms with E-state index in [1.807, 2.05) is 6.07 Å². The maximum atomic E-state index is 12.3. The van der Waals surface area contributed by atoms with Crippen LogP contribution in [0.2, 0.25) is 0 Å². The molecule has 0 aromatic heterocycles. The van der Waals surface area contributed by atoms with Crippen LogP contribution in [0.1, 0.15) is 18.4 Å². The zero-order chi connectivity index (χ0) is 14.4. The largest absolute Gasteiger partial charge is 0.380 e. The molecule has 1 atom stereocenters. The molecule has 1 aromatic carbocycles. The van der Waals surface area contributed by atoms with Crippen LogP contribution in [0, 0.1) is 5.92 Å². The molecular weight excluding hydrogens is 276 g/mol. The lowest BCUT2D eigenvalue weighted by atomic mass is 10.0. The van der Waals surface area contributed by atoms with Crippen LogP contribution in [0.5, 0.6) is 0 Å². The number of ether oxygens (including phenoxy) is 1. The van der Waals surface area contributed by atoms with Gasteiger partial charge in [-0.15, -0.1) is 0 Å². The Morgan fingerprint density at radius 3 is 3.00 bits per heavy atom. The van der Waals surface area contributed by atoms with Gasteiger partial charge < -0.3 is 10.1 Å². The third kappa shape index (κ3) is 4.28. The minimum Gasteiger partial charge on any atom is -0.380 e.